The summed E-state index contributed by atoms with van der Waals surface area (Å²) in [5.74, 6) is -3.80. The van der Waals surface area contributed by atoms with Gasteiger partial charge in [-0.2, -0.15) is 0 Å². The van der Waals surface area contributed by atoms with E-state index in [0.29, 0.717) is 23.6 Å². The minimum absolute atomic E-state index is 0.0890. The van der Waals surface area contributed by atoms with E-state index >= 15 is 0 Å². The number of halogens is 1. The zero-order valence-electron chi connectivity index (χ0n) is 26.5. The van der Waals surface area contributed by atoms with Crippen molar-refractivity contribution >= 4 is 41.0 Å². The number of benzene rings is 2. The highest BCUT2D eigenvalue weighted by atomic mass is 35.5. The number of nitrogens with one attached hydrogen (secondary N) is 1. The molecule has 248 valence electrons. The SMILES string of the molecule is CC[C@H](C)[C@H](CO)N1C(=O)[C@@H]2[C@H]3C(=O)N[C@@H](c4ccccc4)COC(=O)CC/C=C\CN(c4ccc(Cl)cc4)C(=O)[C@@H]1[C@]21C=C[C@H]3O1. The van der Waals surface area contributed by atoms with Crippen LogP contribution in [0, 0.1) is 17.8 Å². The van der Waals surface area contributed by atoms with Crippen LogP contribution in [0.4, 0.5) is 5.69 Å². The average molecular weight is 662 g/mol. The second-order valence-electron chi connectivity index (χ2n) is 12.7. The number of nitrogens with zero attached hydrogens (tertiary/aromatic N) is 2. The Bertz CT molecular complexity index is 1560. The molecule has 0 saturated carbocycles. The first-order chi connectivity index (χ1) is 22.7. The van der Waals surface area contributed by atoms with Crippen molar-refractivity contribution in [2.45, 2.75) is 62.9 Å². The van der Waals surface area contributed by atoms with Crippen molar-refractivity contribution in [1.29, 1.82) is 0 Å². The summed E-state index contributed by atoms with van der Waals surface area (Å²) in [5, 5.41) is 14.2. The number of fused-ring (bicyclic) bond motifs is 2. The molecule has 5 bridgehead atoms. The summed E-state index contributed by atoms with van der Waals surface area (Å²) in [7, 11) is 0. The van der Waals surface area contributed by atoms with Crippen LogP contribution in [0.15, 0.2) is 78.9 Å². The number of hydrogen-bond donors (Lipinski definition) is 2. The molecule has 2 aromatic carbocycles. The average Bonchev–Trinajstić information content (AvgIpc) is 3.72. The molecular formula is C36H40ClN3O7. The maximum atomic E-state index is 15.0. The van der Waals surface area contributed by atoms with Crippen LogP contribution in [0.3, 0.4) is 0 Å². The predicted octanol–water partition coefficient (Wildman–Crippen LogP) is 3.98. The van der Waals surface area contributed by atoms with Crippen molar-refractivity contribution in [1.82, 2.24) is 10.2 Å². The largest absolute Gasteiger partial charge is 0.463 e. The fourth-order valence-electron chi connectivity index (χ4n) is 7.37. The van der Waals surface area contributed by atoms with Crippen molar-refractivity contribution in [3.63, 3.8) is 0 Å². The first-order valence-corrected chi connectivity index (χ1v) is 16.6. The van der Waals surface area contributed by atoms with Crippen LogP contribution < -0.4 is 10.2 Å². The van der Waals surface area contributed by atoms with Crippen LogP contribution in [-0.4, -0.2) is 77.2 Å². The third-order valence-corrected chi connectivity index (χ3v) is 10.2. The Labute approximate surface area is 279 Å². The Balaban J connectivity index is 1.47. The zero-order valence-corrected chi connectivity index (χ0v) is 27.2. The molecule has 2 fully saturated rings. The molecule has 3 amide bonds. The van der Waals surface area contributed by atoms with Gasteiger partial charge >= 0.3 is 5.97 Å². The van der Waals surface area contributed by atoms with Crippen LogP contribution in [0.5, 0.6) is 0 Å². The van der Waals surface area contributed by atoms with Gasteiger partial charge in [0.25, 0.3) is 5.91 Å². The molecule has 47 heavy (non-hydrogen) atoms. The zero-order chi connectivity index (χ0) is 33.3. The number of ether oxygens (including phenoxy) is 2. The van der Waals surface area contributed by atoms with Crippen LogP contribution >= 0.6 is 11.6 Å². The topological polar surface area (TPSA) is 125 Å². The molecule has 10 nitrogen and oxygen atoms in total. The highest BCUT2D eigenvalue weighted by Crippen LogP contribution is 2.56. The van der Waals surface area contributed by atoms with Gasteiger partial charge in [0.2, 0.25) is 11.8 Å². The molecule has 0 unspecified atom stereocenters. The number of rotatable bonds is 6. The van der Waals surface area contributed by atoms with Gasteiger partial charge in [0.05, 0.1) is 36.6 Å². The lowest BCUT2D eigenvalue weighted by molar-refractivity contribution is -0.147. The van der Waals surface area contributed by atoms with E-state index in [2.05, 4.69) is 5.32 Å². The number of hydrogen-bond acceptors (Lipinski definition) is 7. The van der Waals surface area contributed by atoms with Gasteiger partial charge in [0.15, 0.2) is 0 Å². The van der Waals surface area contributed by atoms with Crippen molar-refractivity contribution < 1.29 is 33.8 Å². The maximum Gasteiger partial charge on any atom is 0.306 e. The van der Waals surface area contributed by atoms with Gasteiger partial charge in [-0.3, -0.25) is 19.2 Å². The second-order valence-corrected chi connectivity index (χ2v) is 13.1. The highest BCUT2D eigenvalue weighted by Gasteiger charge is 2.74. The Morgan fingerprint density at radius 1 is 1.04 bits per heavy atom. The standard InChI is InChI=1S/C36H40ClN3O7/c1-3-22(2)27(20-41)40-32-35(45)39(25-15-13-24(37)14-16-25)19-9-5-8-12-29(42)46-21-26(23-10-6-4-7-11-23)38-33(43)30-28-17-18-36(32,47-28)31(30)34(40)44/h4-7,9-11,13-18,22,26-28,30-32,41H,3,8,12,19-21H2,1-2H3,(H,38,43)/b9-5-/t22-,26+,27-,28+,30-,31-,32+,36-/m0/s1. The number of likely N-dealkylation sites (tertiary alicyclic amines) is 1. The lowest BCUT2D eigenvalue weighted by Crippen LogP contribution is -2.59. The molecule has 6 rings (SSSR count). The smallest absolute Gasteiger partial charge is 0.306 e. The molecular weight excluding hydrogens is 622 g/mol. The molecule has 0 aliphatic carbocycles. The molecule has 0 aromatic heterocycles. The highest BCUT2D eigenvalue weighted by molar-refractivity contribution is 6.30. The van der Waals surface area contributed by atoms with E-state index in [-0.39, 0.29) is 32.1 Å². The first kappa shape index (κ1) is 32.9. The van der Waals surface area contributed by atoms with E-state index < -0.39 is 65.4 Å². The van der Waals surface area contributed by atoms with E-state index in [4.69, 9.17) is 21.1 Å². The number of carbonyl (C=O) groups is 4. The normalized spacial score (nSPS) is 31.4. The van der Waals surface area contributed by atoms with Gasteiger partial charge in [0, 0.05) is 23.7 Å². The molecule has 1 spiro atoms. The van der Waals surface area contributed by atoms with Gasteiger partial charge in [-0.25, -0.2) is 0 Å². The van der Waals surface area contributed by atoms with Gasteiger partial charge in [0.1, 0.15) is 18.2 Å². The summed E-state index contributed by atoms with van der Waals surface area (Å²) in [6, 6.07) is 13.5. The molecule has 2 N–H and O–H groups in total. The second kappa shape index (κ2) is 13.6. The molecule has 4 aliphatic rings. The van der Waals surface area contributed by atoms with E-state index in [1.54, 1.807) is 47.4 Å². The van der Waals surface area contributed by atoms with Gasteiger partial charge < -0.3 is 29.7 Å². The summed E-state index contributed by atoms with van der Waals surface area (Å²) in [6.45, 7) is 3.58. The quantitative estimate of drug-likeness (QED) is 0.354. The Hall–Kier alpha value is -3.99. The van der Waals surface area contributed by atoms with E-state index in [0.717, 1.165) is 5.56 Å². The predicted molar refractivity (Wildman–Crippen MR) is 175 cm³/mol. The third-order valence-electron chi connectivity index (χ3n) is 10.00. The van der Waals surface area contributed by atoms with Gasteiger partial charge in [-0.15, -0.1) is 0 Å². The Morgan fingerprint density at radius 3 is 2.49 bits per heavy atom. The van der Waals surface area contributed by atoms with Crippen LogP contribution in [0.1, 0.15) is 44.7 Å². The minimum atomic E-state index is -1.43. The van der Waals surface area contributed by atoms with Crippen LogP contribution in [0.2, 0.25) is 5.02 Å². The number of cyclic esters (lactones) is 1. The van der Waals surface area contributed by atoms with Crippen LogP contribution in [-0.2, 0) is 28.7 Å². The number of amides is 3. The molecule has 11 heteroatoms. The third kappa shape index (κ3) is 5.98. The number of allylic oxidation sites excluding steroid dienone is 1. The lowest BCUT2D eigenvalue weighted by atomic mass is 9.74. The molecule has 8 atom stereocenters. The first-order valence-electron chi connectivity index (χ1n) is 16.2. The van der Waals surface area contributed by atoms with Crippen molar-refractivity contribution in [2.24, 2.45) is 17.8 Å². The number of carbonyl (C=O) groups excluding carboxylic acids is 4. The summed E-state index contributed by atoms with van der Waals surface area (Å²) in [6.07, 6.45) is 7.53. The van der Waals surface area contributed by atoms with Crippen molar-refractivity contribution in [3.8, 4) is 0 Å². The molecule has 4 heterocycles. The van der Waals surface area contributed by atoms with Gasteiger partial charge in [-0.05, 0) is 42.2 Å². The van der Waals surface area contributed by atoms with E-state index in [9.17, 15) is 24.3 Å². The number of esters is 1. The van der Waals surface area contributed by atoms with Gasteiger partial charge in [-0.1, -0.05) is 86.5 Å². The minimum Gasteiger partial charge on any atom is -0.463 e. The summed E-state index contributed by atoms with van der Waals surface area (Å²) < 4.78 is 12.2. The lowest BCUT2D eigenvalue weighted by Gasteiger charge is -2.40. The summed E-state index contributed by atoms with van der Waals surface area (Å²) >= 11 is 6.19. The molecule has 2 aromatic rings. The molecule has 0 radical (unpaired) electrons. The van der Waals surface area contributed by atoms with E-state index in [1.165, 1.54) is 4.90 Å². The summed E-state index contributed by atoms with van der Waals surface area (Å²) in [5.41, 5.74) is -0.142. The van der Waals surface area contributed by atoms with Crippen molar-refractivity contribution in [3.05, 3.63) is 89.5 Å². The van der Waals surface area contributed by atoms with E-state index in [1.807, 2.05) is 50.3 Å². The number of aliphatic hydroxyl groups is 1. The molecule has 2 saturated heterocycles. The Morgan fingerprint density at radius 2 is 1.79 bits per heavy atom. The van der Waals surface area contributed by atoms with Crippen molar-refractivity contribution in [2.75, 3.05) is 24.7 Å². The molecule has 4 aliphatic heterocycles. The fraction of sp³-hybridized carbons (Fsp3) is 0.444. The monoisotopic (exact) mass is 661 g/mol. The maximum absolute atomic E-state index is 15.0. The summed E-state index contributed by atoms with van der Waals surface area (Å²) in [4.78, 5) is 59.6. The number of aliphatic hydroxyl groups excluding tert-OH is 1. The van der Waals surface area contributed by atoms with Crippen LogP contribution in [0.25, 0.3) is 0 Å². The fourth-order valence-corrected chi connectivity index (χ4v) is 7.50. The number of anilines is 1. The Kier molecular flexibility index (Phi) is 9.55.